The van der Waals surface area contributed by atoms with E-state index in [1.807, 2.05) is 11.9 Å². The van der Waals surface area contributed by atoms with Crippen LogP contribution in [-0.2, 0) is 7.05 Å². The molecular formula is C9H15N5O2. The van der Waals surface area contributed by atoms with Crippen LogP contribution in [0.15, 0.2) is 6.20 Å². The van der Waals surface area contributed by atoms with E-state index in [4.69, 9.17) is 0 Å². The third kappa shape index (κ3) is 1.85. The smallest absolute Gasteiger partial charge is 0.330 e. The van der Waals surface area contributed by atoms with Crippen molar-refractivity contribution in [3.05, 3.63) is 16.3 Å². The summed E-state index contributed by atoms with van der Waals surface area (Å²) >= 11 is 0. The maximum Gasteiger partial charge on any atom is 0.330 e. The molecule has 0 amide bonds. The van der Waals surface area contributed by atoms with Crippen molar-refractivity contribution < 1.29 is 4.92 Å². The molecule has 1 N–H and O–H groups in total. The van der Waals surface area contributed by atoms with E-state index in [2.05, 4.69) is 10.4 Å². The molecule has 1 atom stereocenters. The summed E-state index contributed by atoms with van der Waals surface area (Å²) in [6, 6.07) is 0.286. The van der Waals surface area contributed by atoms with Gasteiger partial charge < -0.3 is 10.2 Å². The molecule has 1 aromatic heterocycles. The first-order valence-electron chi connectivity index (χ1n) is 5.21. The molecule has 1 fully saturated rings. The van der Waals surface area contributed by atoms with E-state index < -0.39 is 0 Å². The molecule has 0 bridgehead atoms. The molecule has 2 rings (SSSR count). The molecule has 88 valence electrons. The second kappa shape index (κ2) is 4.09. The summed E-state index contributed by atoms with van der Waals surface area (Å²) in [6.45, 7) is 1.81. The highest BCUT2D eigenvalue weighted by Crippen LogP contribution is 2.27. The zero-order valence-corrected chi connectivity index (χ0v) is 9.38. The van der Waals surface area contributed by atoms with Crippen LogP contribution in [0, 0.1) is 10.1 Å². The number of rotatable bonds is 3. The normalized spacial score (nSPS) is 20.0. The van der Waals surface area contributed by atoms with Crippen molar-refractivity contribution in [3.8, 4) is 0 Å². The number of hydrogen-bond acceptors (Lipinski definition) is 5. The number of aromatic nitrogens is 2. The van der Waals surface area contributed by atoms with Crippen LogP contribution in [0.5, 0.6) is 0 Å². The van der Waals surface area contributed by atoms with Gasteiger partial charge in [0.05, 0.1) is 4.92 Å². The third-order valence-electron chi connectivity index (χ3n) is 2.90. The highest BCUT2D eigenvalue weighted by molar-refractivity contribution is 5.57. The number of hydrogen-bond donors (Lipinski definition) is 1. The lowest BCUT2D eigenvalue weighted by molar-refractivity contribution is -0.384. The predicted octanol–water partition coefficient (Wildman–Crippen LogP) is 0.126. The SMILES string of the molecule is CN(c1nn(C)cc1[N+](=O)[O-])C1CCNC1. The summed E-state index contributed by atoms with van der Waals surface area (Å²) in [6.07, 6.45) is 2.43. The summed E-state index contributed by atoms with van der Waals surface area (Å²) in [4.78, 5) is 12.4. The van der Waals surface area contributed by atoms with Crippen molar-refractivity contribution in [2.24, 2.45) is 7.05 Å². The van der Waals surface area contributed by atoms with Gasteiger partial charge in [0.15, 0.2) is 0 Å². The fraction of sp³-hybridized carbons (Fsp3) is 0.667. The van der Waals surface area contributed by atoms with Gasteiger partial charge in [0.2, 0.25) is 5.82 Å². The summed E-state index contributed by atoms with van der Waals surface area (Å²) in [5, 5.41) is 18.2. The molecule has 0 aromatic carbocycles. The van der Waals surface area contributed by atoms with E-state index in [9.17, 15) is 10.1 Å². The number of likely N-dealkylation sites (N-methyl/N-ethyl adjacent to an activating group) is 1. The van der Waals surface area contributed by atoms with Gasteiger partial charge in [-0.3, -0.25) is 14.8 Å². The van der Waals surface area contributed by atoms with Crippen LogP contribution in [0.25, 0.3) is 0 Å². The van der Waals surface area contributed by atoms with Gasteiger partial charge in [0.1, 0.15) is 6.20 Å². The Kier molecular flexibility index (Phi) is 2.78. The molecular weight excluding hydrogens is 210 g/mol. The van der Waals surface area contributed by atoms with Crippen LogP contribution >= 0.6 is 0 Å². The van der Waals surface area contributed by atoms with E-state index in [0.29, 0.717) is 5.82 Å². The van der Waals surface area contributed by atoms with Crippen molar-refractivity contribution >= 4 is 11.5 Å². The summed E-state index contributed by atoms with van der Waals surface area (Å²) in [5.41, 5.74) is 0.0666. The predicted molar refractivity (Wildman–Crippen MR) is 59.5 cm³/mol. The molecule has 1 aliphatic rings. The number of anilines is 1. The maximum absolute atomic E-state index is 10.9. The minimum Gasteiger partial charge on any atom is -0.348 e. The lowest BCUT2D eigenvalue weighted by Crippen LogP contribution is -2.34. The molecule has 0 saturated carbocycles. The Bertz CT molecular complexity index is 397. The topological polar surface area (TPSA) is 76.2 Å². The first-order chi connectivity index (χ1) is 7.59. The second-order valence-corrected chi connectivity index (χ2v) is 4.03. The van der Waals surface area contributed by atoms with Crippen LogP contribution in [0.4, 0.5) is 11.5 Å². The molecule has 1 aromatic rings. The zero-order valence-electron chi connectivity index (χ0n) is 9.38. The molecule has 1 aliphatic heterocycles. The Morgan fingerprint density at radius 1 is 1.75 bits per heavy atom. The van der Waals surface area contributed by atoms with Crippen molar-refractivity contribution in [2.75, 3.05) is 25.0 Å². The highest BCUT2D eigenvalue weighted by Gasteiger charge is 2.28. The van der Waals surface area contributed by atoms with Gasteiger partial charge in [0.25, 0.3) is 0 Å². The summed E-state index contributed by atoms with van der Waals surface area (Å²) < 4.78 is 1.48. The zero-order chi connectivity index (χ0) is 11.7. The Balaban J connectivity index is 2.27. The average molecular weight is 225 g/mol. The standard InChI is InChI=1S/C9H15N5O2/c1-12-6-8(14(15)16)9(11-12)13(2)7-3-4-10-5-7/h6-7,10H,3-5H2,1-2H3. The number of nitro groups is 1. The minimum absolute atomic E-state index is 0.0666. The first-order valence-corrected chi connectivity index (χ1v) is 5.21. The van der Waals surface area contributed by atoms with E-state index in [0.717, 1.165) is 19.5 Å². The molecule has 0 radical (unpaired) electrons. The largest absolute Gasteiger partial charge is 0.348 e. The Hall–Kier alpha value is -1.63. The Labute approximate surface area is 93.2 Å². The van der Waals surface area contributed by atoms with Crippen LogP contribution in [0.3, 0.4) is 0 Å². The summed E-state index contributed by atoms with van der Waals surface area (Å²) in [5.74, 6) is 0.446. The van der Waals surface area contributed by atoms with Crippen LogP contribution in [0.2, 0.25) is 0 Å². The molecule has 7 heteroatoms. The van der Waals surface area contributed by atoms with E-state index in [-0.39, 0.29) is 16.7 Å². The molecule has 1 saturated heterocycles. The quantitative estimate of drug-likeness (QED) is 0.584. The Morgan fingerprint density at radius 2 is 2.50 bits per heavy atom. The number of aryl methyl sites for hydroxylation is 1. The lowest BCUT2D eigenvalue weighted by atomic mass is 10.2. The van der Waals surface area contributed by atoms with Gasteiger partial charge in [-0.25, -0.2) is 0 Å². The van der Waals surface area contributed by atoms with E-state index in [1.165, 1.54) is 10.9 Å². The first kappa shape index (κ1) is 10.9. The van der Waals surface area contributed by atoms with E-state index >= 15 is 0 Å². The Morgan fingerprint density at radius 3 is 3.06 bits per heavy atom. The third-order valence-corrected chi connectivity index (χ3v) is 2.90. The van der Waals surface area contributed by atoms with Crippen LogP contribution in [0.1, 0.15) is 6.42 Å². The van der Waals surface area contributed by atoms with Gasteiger partial charge in [-0.1, -0.05) is 0 Å². The average Bonchev–Trinajstić information content (AvgIpc) is 2.84. The van der Waals surface area contributed by atoms with Crippen molar-refractivity contribution in [3.63, 3.8) is 0 Å². The maximum atomic E-state index is 10.9. The highest BCUT2D eigenvalue weighted by atomic mass is 16.6. The van der Waals surface area contributed by atoms with Gasteiger partial charge in [0, 0.05) is 26.7 Å². The second-order valence-electron chi connectivity index (χ2n) is 4.03. The molecule has 1 unspecified atom stereocenters. The fourth-order valence-corrected chi connectivity index (χ4v) is 1.99. The number of nitrogens with zero attached hydrogens (tertiary/aromatic N) is 4. The molecule has 16 heavy (non-hydrogen) atoms. The minimum atomic E-state index is -0.388. The van der Waals surface area contributed by atoms with Crippen molar-refractivity contribution in [2.45, 2.75) is 12.5 Å². The number of nitrogens with one attached hydrogen (secondary N) is 1. The van der Waals surface area contributed by atoms with Crippen molar-refractivity contribution in [1.82, 2.24) is 15.1 Å². The van der Waals surface area contributed by atoms with E-state index in [1.54, 1.807) is 7.05 Å². The summed E-state index contributed by atoms with van der Waals surface area (Å²) in [7, 11) is 3.55. The van der Waals surface area contributed by atoms with Crippen molar-refractivity contribution in [1.29, 1.82) is 0 Å². The lowest BCUT2D eigenvalue weighted by Gasteiger charge is -2.22. The molecule has 7 nitrogen and oxygen atoms in total. The monoisotopic (exact) mass is 225 g/mol. The van der Waals surface area contributed by atoms with Gasteiger partial charge in [-0.15, -0.1) is 5.10 Å². The molecule has 0 aliphatic carbocycles. The fourth-order valence-electron chi connectivity index (χ4n) is 1.99. The molecule has 2 heterocycles. The van der Waals surface area contributed by atoms with Gasteiger partial charge >= 0.3 is 5.69 Å². The van der Waals surface area contributed by atoms with Crippen LogP contribution in [-0.4, -0.2) is 40.9 Å². The van der Waals surface area contributed by atoms with Crippen LogP contribution < -0.4 is 10.2 Å². The molecule has 0 spiro atoms. The van der Waals surface area contributed by atoms with Gasteiger partial charge in [-0.05, 0) is 13.0 Å². The van der Waals surface area contributed by atoms with Gasteiger partial charge in [-0.2, -0.15) is 0 Å².